The van der Waals surface area contributed by atoms with E-state index in [1.165, 1.54) is 11.3 Å². The van der Waals surface area contributed by atoms with Crippen LogP contribution in [0.15, 0.2) is 35.7 Å². The van der Waals surface area contributed by atoms with Crippen LogP contribution in [0, 0.1) is 5.92 Å². The van der Waals surface area contributed by atoms with E-state index in [2.05, 4.69) is 22.5 Å². The zero-order chi connectivity index (χ0) is 19.1. The molecule has 1 aliphatic carbocycles. The van der Waals surface area contributed by atoms with Crippen LogP contribution in [-0.2, 0) is 16.1 Å². The van der Waals surface area contributed by atoms with E-state index >= 15 is 0 Å². The number of carbonyl (C=O) groups is 2. The maximum Gasteiger partial charge on any atom is 0.358 e. The molecule has 0 radical (unpaired) electrons. The highest BCUT2D eigenvalue weighted by molar-refractivity contribution is 7.13. The number of hydrogen-bond donors (Lipinski definition) is 2. The van der Waals surface area contributed by atoms with Crippen LogP contribution < -0.4 is 10.6 Å². The van der Waals surface area contributed by atoms with Gasteiger partial charge in [0.2, 0.25) is 0 Å². The first kappa shape index (κ1) is 19.4. The molecule has 0 bridgehead atoms. The molecule has 3 rings (SSSR count). The van der Waals surface area contributed by atoms with Crippen molar-refractivity contribution in [3.8, 4) is 0 Å². The lowest BCUT2D eigenvalue weighted by Crippen LogP contribution is -2.39. The zero-order valence-corrected chi connectivity index (χ0v) is 16.3. The first-order chi connectivity index (χ1) is 13.1. The van der Waals surface area contributed by atoms with Crippen LogP contribution in [0.1, 0.15) is 48.7 Å². The normalized spacial score (nSPS) is 19.3. The average molecular weight is 388 g/mol. The Labute approximate surface area is 163 Å². The summed E-state index contributed by atoms with van der Waals surface area (Å²) in [6.07, 6.45) is 4.23. The fraction of sp³-hybridized carbons (Fsp3) is 0.450. The van der Waals surface area contributed by atoms with E-state index in [1.807, 2.05) is 30.3 Å². The first-order valence-electron chi connectivity index (χ1n) is 9.30. The average Bonchev–Trinajstić information content (AvgIpc) is 3.16. The third-order valence-electron chi connectivity index (χ3n) is 4.72. The molecule has 0 aliphatic heterocycles. The van der Waals surface area contributed by atoms with Gasteiger partial charge in [0.25, 0.3) is 5.91 Å². The van der Waals surface area contributed by atoms with Crippen molar-refractivity contribution in [3.05, 3.63) is 47.0 Å². The standard InChI is InChI=1S/C20H25N3O3S/c1-14-7-9-16(10-8-14)22-18(24)12-26-19(25)17-13-27-20(23-17)21-11-15-5-3-2-4-6-15/h2-6,13-14,16H,7-12H2,1H3,(H,21,23)(H,22,24). The van der Waals surface area contributed by atoms with Crippen molar-refractivity contribution >= 4 is 28.3 Å². The van der Waals surface area contributed by atoms with Crippen molar-refractivity contribution in [1.82, 2.24) is 10.3 Å². The number of hydrogen-bond acceptors (Lipinski definition) is 6. The Morgan fingerprint density at radius 1 is 1.19 bits per heavy atom. The quantitative estimate of drug-likeness (QED) is 0.710. The summed E-state index contributed by atoms with van der Waals surface area (Å²) >= 11 is 1.34. The van der Waals surface area contributed by atoms with E-state index < -0.39 is 5.97 Å². The SMILES string of the molecule is CC1CCC(NC(=O)COC(=O)c2csc(NCc3ccccc3)n2)CC1. The Morgan fingerprint density at radius 2 is 1.93 bits per heavy atom. The van der Waals surface area contributed by atoms with Crippen molar-refractivity contribution < 1.29 is 14.3 Å². The number of esters is 1. The van der Waals surface area contributed by atoms with Crippen molar-refractivity contribution in [1.29, 1.82) is 0 Å². The van der Waals surface area contributed by atoms with E-state index in [1.54, 1.807) is 5.38 Å². The molecule has 1 aromatic carbocycles. The number of amides is 1. The van der Waals surface area contributed by atoms with E-state index in [0.29, 0.717) is 11.7 Å². The topological polar surface area (TPSA) is 80.3 Å². The molecular weight excluding hydrogens is 362 g/mol. The highest BCUT2D eigenvalue weighted by Gasteiger charge is 2.20. The molecule has 27 heavy (non-hydrogen) atoms. The number of thiazole rings is 1. The van der Waals surface area contributed by atoms with Gasteiger partial charge in [0.1, 0.15) is 0 Å². The lowest BCUT2D eigenvalue weighted by molar-refractivity contribution is -0.125. The first-order valence-corrected chi connectivity index (χ1v) is 10.2. The summed E-state index contributed by atoms with van der Waals surface area (Å²) in [4.78, 5) is 28.3. The van der Waals surface area contributed by atoms with Gasteiger partial charge >= 0.3 is 5.97 Å². The van der Waals surface area contributed by atoms with Crippen LogP contribution in [0.25, 0.3) is 0 Å². The number of nitrogens with one attached hydrogen (secondary N) is 2. The van der Waals surface area contributed by atoms with Crippen LogP contribution in [0.5, 0.6) is 0 Å². The van der Waals surface area contributed by atoms with Crippen molar-refractivity contribution in [2.45, 2.75) is 45.2 Å². The largest absolute Gasteiger partial charge is 0.451 e. The fourth-order valence-corrected chi connectivity index (χ4v) is 3.78. The molecule has 2 N–H and O–H groups in total. The van der Waals surface area contributed by atoms with Crippen LogP contribution in [0.2, 0.25) is 0 Å². The molecule has 6 nitrogen and oxygen atoms in total. The molecule has 0 unspecified atom stereocenters. The minimum atomic E-state index is -0.577. The van der Waals surface area contributed by atoms with Gasteiger partial charge in [0, 0.05) is 18.0 Å². The highest BCUT2D eigenvalue weighted by atomic mass is 32.1. The summed E-state index contributed by atoms with van der Waals surface area (Å²) in [5, 5.41) is 8.40. The summed E-state index contributed by atoms with van der Waals surface area (Å²) in [6.45, 7) is 2.59. The minimum Gasteiger partial charge on any atom is -0.451 e. The maximum atomic E-state index is 12.1. The molecule has 1 heterocycles. The number of anilines is 1. The van der Waals surface area contributed by atoms with Gasteiger partial charge in [-0.1, -0.05) is 37.3 Å². The van der Waals surface area contributed by atoms with Gasteiger partial charge in [-0.3, -0.25) is 4.79 Å². The van der Waals surface area contributed by atoms with Crippen LogP contribution >= 0.6 is 11.3 Å². The molecule has 7 heteroatoms. The molecule has 1 aliphatic rings. The third-order valence-corrected chi connectivity index (χ3v) is 5.52. The number of benzene rings is 1. The lowest BCUT2D eigenvalue weighted by Gasteiger charge is -2.26. The maximum absolute atomic E-state index is 12.1. The number of aromatic nitrogens is 1. The molecule has 1 fully saturated rings. The third kappa shape index (κ3) is 6.06. The molecule has 1 aromatic heterocycles. The summed E-state index contributed by atoms with van der Waals surface area (Å²) in [6, 6.07) is 10.1. The molecule has 144 valence electrons. The Morgan fingerprint density at radius 3 is 2.67 bits per heavy atom. The van der Waals surface area contributed by atoms with Gasteiger partial charge in [-0.05, 0) is 37.2 Å². The number of carbonyl (C=O) groups excluding carboxylic acids is 2. The summed E-state index contributed by atoms with van der Waals surface area (Å²) in [5.41, 5.74) is 1.35. The van der Waals surface area contributed by atoms with Gasteiger partial charge in [-0.25, -0.2) is 9.78 Å². The van der Waals surface area contributed by atoms with Gasteiger partial charge < -0.3 is 15.4 Å². The molecule has 0 atom stereocenters. The van der Waals surface area contributed by atoms with Crippen molar-refractivity contribution in [2.24, 2.45) is 5.92 Å². The molecule has 1 amide bonds. The smallest absolute Gasteiger partial charge is 0.358 e. The molecule has 0 spiro atoms. The second-order valence-electron chi connectivity index (χ2n) is 6.98. The van der Waals surface area contributed by atoms with Crippen LogP contribution in [0.4, 0.5) is 5.13 Å². The predicted octanol–water partition coefficient (Wildman–Crippen LogP) is 3.61. The van der Waals surface area contributed by atoms with Crippen LogP contribution in [0.3, 0.4) is 0 Å². The molecule has 0 saturated heterocycles. The molecule has 1 saturated carbocycles. The van der Waals surface area contributed by atoms with Gasteiger partial charge in [0.15, 0.2) is 17.4 Å². The second-order valence-corrected chi connectivity index (χ2v) is 7.84. The molecule has 2 aromatic rings. The van der Waals surface area contributed by atoms with E-state index in [0.717, 1.165) is 37.2 Å². The van der Waals surface area contributed by atoms with Gasteiger partial charge in [0.05, 0.1) is 0 Å². The second kappa shape index (κ2) is 9.50. The number of rotatable bonds is 7. The van der Waals surface area contributed by atoms with Crippen LogP contribution in [-0.4, -0.2) is 29.5 Å². The Hall–Kier alpha value is -2.41. The summed E-state index contributed by atoms with van der Waals surface area (Å²) < 4.78 is 5.09. The van der Waals surface area contributed by atoms with Crippen molar-refractivity contribution in [2.75, 3.05) is 11.9 Å². The van der Waals surface area contributed by atoms with Gasteiger partial charge in [-0.15, -0.1) is 11.3 Å². The lowest BCUT2D eigenvalue weighted by atomic mass is 9.87. The van der Waals surface area contributed by atoms with E-state index in [-0.39, 0.29) is 24.2 Å². The Balaban J connectivity index is 1.40. The summed E-state index contributed by atoms with van der Waals surface area (Å²) in [5.74, 6) is -0.0997. The minimum absolute atomic E-state index is 0.195. The highest BCUT2D eigenvalue weighted by Crippen LogP contribution is 2.23. The monoisotopic (exact) mass is 387 g/mol. The van der Waals surface area contributed by atoms with Crippen molar-refractivity contribution in [3.63, 3.8) is 0 Å². The Kier molecular flexibility index (Phi) is 6.81. The zero-order valence-electron chi connectivity index (χ0n) is 15.4. The fourth-order valence-electron chi connectivity index (χ4n) is 3.10. The summed E-state index contributed by atoms with van der Waals surface area (Å²) in [7, 11) is 0. The Bertz CT molecular complexity index is 755. The number of ether oxygens (including phenoxy) is 1. The predicted molar refractivity (Wildman–Crippen MR) is 106 cm³/mol. The molecular formula is C20H25N3O3S. The van der Waals surface area contributed by atoms with Gasteiger partial charge in [-0.2, -0.15) is 0 Å². The van der Waals surface area contributed by atoms with E-state index in [4.69, 9.17) is 4.74 Å². The van der Waals surface area contributed by atoms with E-state index in [9.17, 15) is 9.59 Å². The number of nitrogens with zero attached hydrogens (tertiary/aromatic N) is 1.